The molecule has 5 aromatic carbocycles. The van der Waals surface area contributed by atoms with Crippen LogP contribution < -0.4 is 11.1 Å². The summed E-state index contributed by atoms with van der Waals surface area (Å²) in [6.45, 7) is 0.317. The number of carboxylic acids is 1. The van der Waals surface area contributed by atoms with Crippen molar-refractivity contribution in [3.63, 3.8) is 0 Å². The number of oxazole rings is 1. The summed E-state index contributed by atoms with van der Waals surface area (Å²) in [5, 5.41) is 14.1. The number of rotatable bonds is 7. The fourth-order valence-electron chi connectivity index (χ4n) is 4.89. The molecule has 41 heavy (non-hydrogen) atoms. The number of hydrogen-bond acceptors (Lipinski definition) is 4. The average Bonchev–Trinajstić information content (AvgIpc) is 3.30. The van der Waals surface area contributed by atoms with Crippen molar-refractivity contribution in [2.24, 2.45) is 0 Å². The molecule has 1 amide bonds. The van der Waals surface area contributed by atoms with Gasteiger partial charge in [0.1, 0.15) is 11.3 Å². The van der Waals surface area contributed by atoms with Gasteiger partial charge in [-0.15, -0.1) is 0 Å². The Hall–Kier alpha value is -5.50. The Morgan fingerprint density at radius 2 is 1.51 bits per heavy atom. The highest BCUT2D eigenvalue weighted by atomic mass is 19.1. The van der Waals surface area contributed by atoms with Crippen LogP contribution in [-0.2, 0) is 13.1 Å². The van der Waals surface area contributed by atoms with E-state index in [9.17, 15) is 18.8 Å². The van der Waals surface area contributed by atoms with Crippen LogP contribution in [0.4, 0.5) is 4.39 Å². The summed E-state index contributed by atoms with van der Waals surface area (Å²) in [4.78, 5) is 37.9. The van der Waals surface area contributed by atoms with Gasteiger partial charge in [0.15, 0.2) is 5.58 Å². The van der Waals surface area contributed by atoms with Crippen LogP contribution in [0.3, 0.4) is 0 Å². The molecular weight excluding hydrogens is 523 g/mol. The molecule has 6 aromatic rings. The molecule has 1 heterocycles. The van der Waals surface area contributed by atoms with E-state index in [0.29, 0.717) is 22.2 Å². The Morgan fingerprint density at radius 1 is 0.805 bits per heavy atom. The van der Waals surface area contributed by atoms with Crippen molar-refractivity contribution >= 4 is 33.7 Å². The van der Waals surface area contributed by atoms with Gasteiger partial charge >= 0.3 is 11.7 Å². The molecule has 8 heteroatoms. The van der Waals surface area contributed by atoms with Crippen molar-refractivity contribution in [1.82, 2.24) is 9.88 Å². The summed E-state index contributed by atoms with van der Waals surface area (Å²) in [6, 6.07) is 29.1. The molecule has 0 fully saturated rings. The molecule has 0 saturated heterocycles. The lowest BCUT2D eigenvalue weighted by Gasteiger charge is -2.12. The number of carbonyl (C=O) groups excluding carboxylic acids is 1. The number of amides is 1. The van der Waals surface area contributed by atoms with Crippen molar-refractivity contribution in [3.05, 3.63) is 142 Å². The Morgan fingerprint density at radius 3 is 2.24 bits per heavy atom. The van der Waals surface area contributed by atoms with E-state index in [4.69, 9.17) is 9.52 Å². The summed E-state index contributed by atoms with van der Waals surface area (Å²) in [5.74, 6) is -2.49. The molecular formula is C33H23FN2O5. The zero-order chi connectivity index (χ0) is 28.5. The largest absolute Gasteiger partial charge is 0.478 e. The van der Waals surface area contributed by atoms with Crippen LogP contribution >= 0.6 is 0 Å². The third kappa shape index (κ3) is 5.23. The van der Waals surface area contributed by atoms with Crippen molar-refractivity contribution < 1.29 is 23.5 Å². The van der Waals surface area contributed by atoms with E-state index in [-0.39, 0.29) is 29.8 Å². The maximum absolute atomic E-state index is 13.6. The molecule has 0 unspecified atom stereocenters. The minimum Gasteiger partial charge on any atom is -0.478 e. The molecule has 0 spiro atoms. The second kappa shape index (κ2) is 10.6. The van der Waals surface area contributed by atoms with E-state index >= 15 is 0 Å². The first kappa shape index (κ1) is 25.8. The van der Waals surface area contributed by atoms with E-state index < -0.39 is 23.4 Å². The van der Waals surface area contributed by atoms with Crippen LogP contribution in [0.15, 0.2) is 112 Å². The molecule has 1 aromatic heterocycles. The second-order valence-electron chi connectivity index (χ2n) is 9.70. The highest BCUT2D eigenvalue weighted by molar-refractivity contribution is 6.06. The van der Waals surface area contributed by atoms with E-state index in [1.165, 1.54) is 28.8 Å². The summed E-state index contributed by atoms with van der Waals surface area (Å²) in [5.41, 5.74) is 3.73. The third-order valence-corrected chi connectivity index (χ3v) is 6.99. The Kier molecular flexibility index (Phi) is 6.65. The first-order valence-corrected chi connectivity index (χ1v) is 12.9. The van der Waals surface area contributed by atoms with Crippen molar-refractivity contribution in [3.8, 4) is 11.1 Å². The van der Waals surface area contributed by atoms with E-state index in [1.54, 1.807) is 36.4 Å². The Labute approximate surface area is 233 Å². The minimum absolute atomic E-state index is 0.133. The molecule has 0 aliphatic carbocycles. The Balaban J connectivity index is 1.41. The van der Waals surface area contributed by atoms with E-state index in [2.05, 4.69) is 5.32 Å². The highest BCUT2D eigenvalue weighted by Crippen LogP contribution is 2.29. The molecule has 0 bridgehead atoms. The normalized spacial score (nSPS) is 11.1. The number of nitrogens with zero attached hydrogens (tertiary/aromatic N) is 1. The van der Waals surface area contributed by atoms with Gasteiger partial charge in [-0.25, -0.2) is 14.0 Å². The topological polar surface area (TPSA) is 102 Å². The number of halogens is 1. The number of aromatic carboxylic acids is 1. The molecule has 0 aliphatic heterocycles. The van der Waals surface area contributed by atoms with Crippen molar-refractivity contribution in [2.75, 3.05) is 0 Å². The van der Waals surface area contributed by atoms with Gasteiger partial charge in [0.2, 0.25) is 0 Å². The number of carboxylic acid groups (broad SMARTS) is 1. The molecule has 0 aliphatic rings. The lowest BCUT2D eigenvalue weighted by atomic mass is 10.0. The maximum atomic E-state index is 13.6. The van der Waals surface area contributed by atoms with E-state index in [1.807, 2.05) is 42.5 Å². The summed E-state index contributed by atoms with van der Waals surface area (Å²) in [7, 11) is 0. The van der Waals surface area contributed by atoms with Crippen molar-refractivity contribution in [2.45, 2.75) is 13.1 Å². The fourth-order valence-corrected chi connectivity index (χ4v) is 4.89. The van der Waals surface area contributed by atoms with Crippen molar-refractivity contribution in [1.29, 1.82) is 0 Å². The van der Waals surface area contributed by atoms with Gasteiger partial charge in [0, 0.05) is 6.54 Å². The molecule has 0 radical (unpaired) electrons. The number of aromatic nitrogens is 1. The van der Waals surface area contributed by atoms with Gasteiger partial charge in [0.05, 0.1) is 17.7 Å². The Bertz CT molecular complexity index is 1990. The van der Waals surface area contributed by atoms with Crippen LogP contribution in [-0.4, -0.2) is 21.6 Å². The monoisotopic (exact) mass is 546 g/mol. The maximum Gasteiger partial charge on any atom is 0.420 e. The lowest BCUT2D eigenvalue weighted by Crippen LogP contribution is -2.24. The zero-order valence-electron chi connectivity index (χ0n) is 21.6. The number of hydrogen-bond donors (Lipinski definition) is 2. The molecule has 0 saturated carbocycles. The first-order valence-electron chi connectivity index (χ1n) is 12.9. The number of fused-ring (bicyclic) bond motifs is 2. The summed E-state index contributed by atoms with van der Waals surface area (Å²) < 4.78 is 20.7. The fraction of sp³-hybridized carbons (Fsp3) is 0.0606. The molecule has 6 rings (SSSR count). The predicted molar refractivity (Wildman–Crippen MR) is 153 cm³/mol. The number of nitrogens with one attached hydrogen (secondary N) is 1. The lowest BCUT2D eigenvalue weighted by molar-refractivity contribution is 0.0696. The quantitative estimate of drug-likeness (QED) is 0.247. The average molecular weight is 547 g/mol. The molecule has 0 atom stereocenters. The number of carbonyl (C=O) groups is 2. The highest BCUT2D eigenvalue weighted by Gasteiger charge is 2.21. The predicted octanol–water partition coefficient (Wildman–Crippen LogP) is 6.23. The van der Waals surface area contributed by atoms with Gasteiger partial charge in [-0.1, -0.05) is 60.7 Å². The van der Waals surface area contributed by atoms with Crippen LogP contribution in [0.25, 0.3) is 33.0 Å². The van der Waals surface area contributed by atoms with Crippen LogP contribution in [0.5, 0.6) is 0 Å². The van der Waals surface area contributed by atoms with Gasteiger partial charge in [-0.2, -0.15) is 0 Å². The minimum atomic E-state index is -1.04. The first-order chi connectivity index (χ1) is 19.9. The van der Waals surface area contributed by atoms with Gasteiger partial charge in [-0.3, -0.25) is 9.36 Å². The smallest absolute Gasteiger partial charge is 0.420 e. The van der Waals surface area contributed by atoms with Crippen LogP contribution in [0.1, 0.15) is 31.8 Å². The zero-order valence-corrected chi connectivity index (χ0v) is 21.6. The summed E-state index contributed by atoms with van der Waals surface area (Å²) in [6.07, 6.45) is 0. The molecule has 202 valence electrons. The third-order valence-electron chi connectivity index (χ3n) is 6.99. The standard InChI is InChI=1S/C33H23FN2O5/c34-27-13-11-23(12-14-27)26-16-28(31(37)35-18-20-5-9-24(10-6-20)32(38)39)30-29(17-26)41-33(40)36(30)19-21-7-8-22-3-1-2-4-25(22)15-21/h1-17H,18-19H2,(H,35,37)(H,38,39). The van der Waals surface area contributed by atoms with E-state index in [0.717, 1.165) is 16.3 Å². The van der Waals surface area contributed by atoms with Gasteiger partial charge < -0.3 is 14.8 Å². The summed E-state index contributed by atoms with van der Waals surface area (Å²) >= 11 is 0. The SMILES string of the molecule is O=C(O)c1ccc(CNC(=O)c2cc(-c3ccc(F)cc3)cc3oc(=O)n(Cc4ccc5ccccc5c4)c23)cc1. The van der Waals surface area contributed by atoms with Crippen LogP contribution in [0.2, 0.25) is 0 Å². The molecule has 2 N–H and O–H groups in total. The van der Waals surface area contributed by atoms with Gasteiger partial charge in [0.25, 0.3) is 5.91 Å². The second-order valence-corrected chi connectivity index (χ2v) is 9.70. The molecule has 7 nitrogen and oxygen atoms in total. The van der Waals surface area contributed by atoms with Gasteiger partial charge in [-0.05, 0) is 75.5 Å². The van der Waals surface area contributed by atoms with Crippen LogP contribution in [0, 0.1) is 5.82 Å². The number of benzene rings is 5.